The molecule has 0 aromatic carbocycles. The number of sulfonamides is 1. The van der Waals surface area contributed by atoms with Gasteiger partial charge in [-0.3, -0.25) is 4.40 Å². The largest absolute Gasteiger partial charge is 0.286 e. The summed E-state index contributed by atoms with van der Waals surface area (Å²) in [6.07, 6.45) is 7.00. The zero-order chi connectivity index (χ0) is 14.7. The van der Waals surface area contributed by atoms with E-state index in [4.69, 9.17) is 0 Å². The van der Waals surface area contributed by atoms with Gasteiger partial charge in [-0.25, -0.2) is 13.1 Å². The van der Waals surface area contributed by atoms with Gasteiger partial charge in [0.25, 0.3) is 0 Å². The van der Waals surface area contributed by atoms with Crippen molar-refractivity contribution < 1.29 is 8.42 Å². The van der Waals surface area contributed by atoms with E-state index in [0.717, 1.165) is 43.6 Å². The molecule has 21 heavy (non-hydrogen) atoms. The van der Waals surface area contributed by atoms with Gasteiger partial charge in [-0.15, -0.1) is 10.2 Å². The molecule has 114 valence electrons. The maximum Gasteiger partial charge on any atom is 0.214 e. The number of rotatable bonds is 6. The summed E-state index contributed by atoms with van der Waals surface area (Å²) in [6.45, 7) is 0.459. The van der Waals surface area contributed by atoms with Gasteiger partial charge in [0.05, 0.1) is 5.25 Å². The highest BCUT2D eigenvalue weighted by molar-refractivity contribution is 7.90. The predicted molar refractivity (Wildman–Crippen MR) is 80.5 cm³/mol. The summed E-state index contributed by atoms with van der Waals surface area (Å²) >= 11 is 0. The smallest absolute Gasteiger partial charge is 0.214 e. The van der Waals surface area contributed by atoms with E-state index in [1.165, 1.54) is 0 Å². The zero-order valence-electron chi connectivity index (χ0n) is 11.9. The monoisotopic (exact) mass is 308 g/mol. The normalized spacial score (nSPS) is 16.8. The van der Waals surface area contributed by atoms with Gasteiger partial charge in [-0.1, -0.05) is 18.9 Å². The molecule has 0 spiro atoms. The van der Waals surface area contributed by atoms with Gasteiger partial charge in [0.1, 0.15) is 5.82 Å². The van der Waals surface area contributed by atoms with Gasteiger partial charge in [0.2, 0.25) is 10.0 Å². The van der Waals surface area contributed by atoms with E-state index in [-0.39, 0.29) is 5.25 Å². The average Bonchev–Trinajstić information content (AvgIpc) is 3.14. The minimum Gasteiger partial charge on any atom is -0.286 e. The standard InChI is InChI=1S/C14H20N4O2S/c19-21(20,12-6-1-2-7-12)15-10-5-9-14-17-16-13-8-3-4-11-18(13)14/h3-4,8,11-12,15H,1-2,5-7,9-10H2. The van der Waals surface area contributed by atoms with E-state index in [1.807, 2.05) is 28.8 Å². The van der Waals surface area contributed by atoms with Crippen LogP contribution >= 0.6 is 0 Å². The lowest BCUT2D eigenvalue weighted by Crippen LogP contribution is -2.33. The van der Waals surface area contributed by atoms with Crippen LogP contribution < -0.4 is 4.72 Å². The van der Waals surface area contributed by atoms with Crippen LogP contribution in [0, 0.1) is 0 Å². The summed E-state index contributed by atoms with van der Waals surface area (Å²) in [5, 5.41) is 8.04. The van der Waals surface area contributed by atoms with Gasteiger partial charge in [-0.2, -0.15) is 0 Å². The van der Waals surface area contributed by atoms with Crippen molar-refractivity contribution in [3.05, 3.63) is 30.2 Å². The Morgan fingerprint density at radius 2 is 2.05 bits per heavy atom. The summed E-state index contributed by atoms with van der Waals surface area (Å²) in [7, 11) is -3.14. The Morgan fingerprint density at radius 1 is 1.24 bits per heavy atom. The summed E-state index contributed by atoms with van der Waals surface area (Å²) < 4.78 is 28.8. The molecule has 0 aliphatic heterocycles. The van der Waals surface area contributed by atoms with Crippen LogP contribution in [0.3, 0.4) is 0 Å². The fraction of sp³-hybridized carbons (Fsp3) is 0.571. The predicted octanol–water partition coefficient (Wildman–Crippen LogP) is 1.52. The van der Waals surface area contributed by atoms with E-state index < -0.39 is 10.0 Å². The van der Waals surface area contributed by atoms with Crippen LogP contribution in [0.5, 0.6) is 0 Å². The summed E-state index contributed by atoms with van der Waals surface area (Å²) in [5.74, 6) is 0.866. The molecule has 0 atom stereocenters. The molecule has 1 N–H and O–H groups in total. The van der Waals surface area contributed by atoms with Gasteiger partial charge < -0.3 is 0 Å². The number of fused-ring (bicyclic) bond motifs is 1. The Bertz CT molecular complexity index is 705. The number of hydrogen-bond acceptors (Lipinski definition) is 4. The van der Waals surface area contributed by atoms with Crippen LogP contribution in [0.4, 0.5) is 0 Å². The Hall–Kier alpha value is -1.47. The zero-order valence-corrected chi connectivity index (χ0v) is 12.7. The molecule has 0 amide bonds. The molecule has 7 heteroatoms. The van der Waals surface area contributed by atoms with Crippen molar-refractivity contribution in [2.75, 3.05) is 6.54 Å². The first-order chi connectivity index (χ1) is 10.2. The minimum atomic E-state index is -3.14. The van der Waals surface area contributed by atoms with E-state index >= 15 is 0 Å². The second kappa shape index (κ2) is 6.11. The molecule has 0 unspecified atom stereocenters. The summed E-state index contributed by atoms with van der Waals surface area (Å²) in [4.78, 5) is 0. The number of hydrogen-bond donors (Lipinski definition) is 1. The third-order valence-electron chi connectivity index (χ3n) is 4.01. The molecule has 1 saturated carbocycles. The van der Waals surface area contributed by atoms with E-state index in [0.29, 0.717) is 13.0 Å². The van der Waals surface area contributed by atoms with Crippen molar-refractivity contribution in [3.63, 3.8) is 0 Å². The topological polar surface area (TPSA) is 76.4 Å². The molecule has 2 heterocycles. The first kappa shape index (κ1) is 14.5. The molecule has 0 saturated heterocycles. The minimum absolute atomic E-state index is 0.188. The molecule has 1 aliphatic rings. The van der Waals surface area contributed by atoms with Crippen molar-refractivity contribution in [3.8, 4) is 0 Å². The van der Waals surface area contributed by atoms with Crippen LogP contribution in [-0.2, 0) is 16.4 Å². The van der Waals surface area contributed by atoms with Crippen LogP contribution in [0.15, 0.2) is 24.4 Å². The molecular formula is C14H20N4O2S. The van der Waals surface area contributed by atoms with Crippen molar-refractivity contribution in [1.29, 1.82) is 0 Å². The molecule has 3 rings (SSSR count). The highest BCUT2D eigenvalue weighted by Gasteiger charge is 2.27. The first-order valence-electron chi connectivity index (χ1n) is 7.44. The number of pyridine rings is 1. The number of aryl methyl sites for hydroxylation is 1. The molecule has 1 aliphatic carbocycles. The maximum atomic E-state index is 12.1. The first-order valence-corrected chi connectivity index (χ1v) is 8.98. The third-order valence-corrected chi connectivity index (χ3v) is 5.96. The molecule has 2 aromatic rings. The summed E-state index contributed by atoms with van der Waals surface area (Å²) in [5.41, 5.74) is 0.819. The molecule has 0 bridgehead atoms. The van der Waals surface area contributed by atoms with Crippen molar-refractivity contribution in [2.45, 2.75) is 43.8 Å². The van der Waals surface area contributed by atoms with Crippen LogP contribution in [0.1, 0.15) is 37.9 Å². The van der Waals surface area contributed by atoms with Crippen LogP contribution in [-0.4, -0.2) is 34.8 Å². The van der Waals surface area contributed by atoms with E-state index in [2.05, 4.69) is 14.9 Å². The van der Waals surface area contributed by atoms with Gasteiger partial charge in [0, 0.05) is 19.2 Å². The van der Waals surface area contributed by atoms with E-state index in [1.54, 1.807) is 0 Å². The third kappa shape index (κ3) is 3.24. The lowest BCUT2D eigenvalue weighted by atomic mass is 10.3. The highest BCUT2D eigenvalue weighted by Crippen LogP contribution is 2.23. The van der Waals surface area contributed by atoms with Gasteiger partial charge in [-0.05, 0) is 31.4 Å². The van der Waals surface area contributed by atoms with Crippen molar-refractivity contribution in [2.24, 2.45) is 0 Å². The maximum absolute atomic E-state index is 12.1. The lowest BCUT2D eigenvalue weighted by molar-refractivity contribution is 0.561. The second-order valence-electron chi connectivity index (χ2n) is 5.49. The van der Waals surface area contributed by atoms with Gasteiger partial charge >= 0.3 is 0 Å². The number of aromatic nitrogens is 3. The number of nitrogens with one attached hydrogen (secondary N) is 1. The Balaban J connectivity index is 1.52. The SMILES string of the molecule is O=S(=O)(NCCCc1nnc2ccccn12)C1CCCC1. The number of nitrogens with zero attached hydrogens (tertiary/aromatic N) is 3. The van der Waals surface area contributed by atoms with Crippen LogP contribution in [0.2, 0.25) is 0 Å². The quantitative estimate of drug-likeness (QED) is 0.821. The Morgan fingerprint density at radius 3 is 2.86 bits per heavy atom. The Kier molecular flexibility index (Phi) is 4.21. The van der Waals surface area contributed by atoms with Crippen LogP contribution in [0.25, 0.3) is 5.65 Å². The van der Waals surface area contributed by atoms with Crippen molar-refractivity contribution in [1.82, 2.24) is 19.3 Å². The highest BCUT2D eigenvalue weighted by atomic mass is 32.2. The molecule has 0 radical (unpaired) electrons. The van der Waals surface area contributed by atoms with Crippen molar-refractivity contribution >= 4 is 15.7 Å². The lowest BCUT2D eigenvalue weighted by Gasteiger charge is -2.11. The Labute approximate surface area is 124 Å². The second-order valence-corrected chi connectivity index (χ2v) is 7.54. The molecule has 6 nitrogen and oxygen atoms in total. The average molecular weight is 308 g/mol. The molecule has 2 aromatic heterocycles. The fourth-order valence-corrected chi connectivity index (χ4v) is 4.46. The molecular weight excluding hydrogens is 288 g/mol. The molecule has 1 fully saturated rings. The van der Waals surface area contributed by atoms with E-state index in [9.17, 15) is 8.42 Å². The summed E-state index contributed by atoms with van der Waals surface area (Å²) in [6, 6.07) is 5.76. The fourth-order valence-electron chi connectivity index (χ4n) is 2.84. The van der Waals surface area contributed by atoms with Gasteiger partial charge in [0.15, 0.2) is 5.65 Å².